The number of nitrogens with zero attached hydrogens (tertiary/aromatic N) is 2. The van der Waals surface area contributed by atoms with Crippen LogP contribution in [-0.4, -0.2) is 41.0 Å². The van der Waals surface area contributed by atoms with Gasteiger partial charge in [-0.15, -0.1) is 11.8 Å². The first-order chi connectivity index (χ1) is 13.9. The quantitative estimate of drug-likeness (QED) is 0.203. The summed E-state index contributed by atoms with van der Waals surface area (Å²) in [5.74, 6) is 0.465. The molecule has 0 aromatic heterocycles. The van der Waals surface area contributed by atoms with Gasteiger partial charge in [-0.3, -0.25) is 4.90 Å². The topological polar surface area (TPSA) is 41.9 Å². The maximum absolute atomic E-state index is 12.7. The van der Waals surface area contributed by atoms with Crippen LogP contribution in [0.3, 0.4) is 0 Å². The summed E-state index contributed by atoms with van der Waals surface area (Å²) in [4.78, 5) is 21.3. The first-order valence-electron chi connectivity index (χ1n) is 9.85. The van der Waals surface area contributed by atoms with Crippen LogP contribution in [0.4, 0.5) is 0 Å². The fourth-order valence-electron chi connectivity index (χ4n) is 3.02. The maximum atomic E-state index is 12.7. The van der Waals surface area contributed by atoms with Crippen molar-refractivity contribution in [2.75, 3.05) is 18.8 Å². The van der Waals surface area contributed by atoms with E-state index >= 15 is 0 Å². The van der Waals surface area contributed by atoms with Gasteiger partial charge in [-0.05, 0) is 56.8 Å². The third-order valence-electron chi connectivity index (χ3n) is 4.82. The average Bonchev–Trinajstić information content (AvgIpc) is 2.73. The molecular weight excluding hydrogens is 404 g/mol. The number of rotatable bonds is 10. The summed E-state index contributed by atoms with van der Waals surface area (Å²) < 4.78 is 0. The highest BCUT2D eigenvalue weighted by molar-refractivity contribution is 7.99. The second kappa shape index (κ2) is 11.4. The molecular formula is C23H29ClN2O2S. The fraction of sp³-hybridized carbons (Fsp3) is 0.391. The molecule has 0 saturated heterocycles. The van der Waals surface area contributed by atoms with Gasteiger partial charge in [0.15, 0.2) is 0 Å². The minimum atomic E-state index is -0.729. The lowest BCUT2D eigenvalue weighted by Gasteiger charge is -2.33. The number of benzene rings is 2. The molecule has 0 saturated carbocycles. The van der Waals surface area contributed by atoms with Gasteiger partial charge >= 0.3 is 5.97 Å². The third-order valence-corrected chi connectivity index (χ3v) is 6.09. The Balaban J connectivity index is 2.09. The van der Waals surface area contributed by atoms with Gasteiger partial charge in [0.25, 0.3) is 0 Å². The lowest BCUT2D eigenvalue weighted by atomic mass is 10.0. The highest BCUT2D eigenvalue weighted by Crippen LogP contribution is 2.22. The normalized spacial score (nSPS) is 12.3. The van der Waals surface area contributed by atoms with Crippen molar-refractivity contribution in [1.82, 2.24) is 4.90 Å². The zero-order valence-corrected chi connectivity index (χ0v) is 19.1. The van der Waals surface area contributed by atoms with E-state index in [4.69, 9.17) is 16.4 Å². The molecule has 2 rings (SSSR count). The third kappa shape index (κ3) is 6.88. The molecule has 0 aliphatic rings. The Morgan fingerprint density at radius 3 is 2.28 bits per heavy atom. The van der Waals surface area contributed by atoms with E-state index in [1.54, 1.807) is 11.8 Å². The van der Waals surface area contributed by atoms with E-state index in [-0.39, 0.29) is 5.97 Å². The Morgan fingerprint density at radius 1 is 1.07 bits per heavy atom. The molecule has 0 bridgehead atoms. The molecule has 6 heteroatoms. The summed E-state index contributed by atoms with van der Waals surface area (Å²) in [5, 5.41) is 4.99. The Hall–Kier alpha value is -1.82. The molecule has 0 atom stereocenters. The predicted octanol–water partition coefficient (Wildman–Crippen LogP) is 5.89. The number of likely N-dealkylation sites (N-methyl/N-ethyl adjacent to an activating group) is 1. The summed E-state index contributed by atoms with van der Waals surface area (Å²) in [6.07, 6.45) is 0.677. The van der Waals surface area contributed by atoms with Gasteiger partial charge in [0.05, 0.1) is 5.71 Å². The van der Waals surface area contributed by atoms with Gasteiger partial charge in [0.2, 0.25) is 0 Å². The molecule has 0 N–H and O–H groups in total. The molecule has 0 fully saturated rings. The van der Waals surface area contributed by atoms with Crippen molar-refractivity contribution in [2.45, 2.75) is 44.6 Å². The van der Waals surface area contributed by atoms with E-state index in [2.05, 4.69) is 10.1 Å². The largest absolute Gasteiger partial charge is 0.354 e. The number of halogens is 1. The number of carbonyl (C=O) groups excluding carboxylic acids is 1. The Kier molecular flexibility index (Phi) is 9.21. The molecule has 156 valence electrons. The fourth-order valence-corrected chi connectivity index (χ4v) is 4.01. The van der Waals surface area contributed by atoms with Crippen molar-refractivity contribution in [3.05, 3.63) is 65.2 Å². The van der Waals surface area contributed by atoms with Crippen LogP contribution in [0, 0.1) is 0 Å². The van der Waals surface area contributed by atoms with Gasteiger partial charge in [0.1, 0.15) is 5.54 Å². The molecule has 0 heterocycles. The van der Waals surface area contributed by atoms with Crippen molar-refractivity contribution in [2.24, 2.45) is 5.16 Å². The average molecular weight is 433 g/mol. The van der Waals surface area contributed by atoms with Crippen LogP contribution in [0.15, 0.2) is 64.6 Å². The van der Waals surface area contributed by atoms with E-state index in [0.29, 0.717) is 6.42 Å². The Bertz CT molecular complexity index is 803. The van der Waals surface area contributed by atoms with Gasteiger partial charge in [0, 0.05) is 22.1 Å². The van der Waals surface area contributed by atoms with Crippen LogP contribution in [0.5, 0.6) is 0 Å². The summed E-state index contributed by atoms with van der Waals surface area (Å²) >= 11 is 7.66. The summed E-state index contributed by atoms with van der Waals surface area (Å²) in [6.45, 7) is 9.35. The van der Waals surface area contributed by atoms with E-state index < -0.39 is 5.54 Å². The number of hydrogen-bond acceptors (Lipinski definition) is 5. The van der Waals surface area contributed by atoms with Crippen molar-refractivity contribution in [3.8, 4) is 0 Å². The summed E-state index contributed by atoms with van der Waals surface area (Å²) in [6, 6.07) is 17.6. The molecule has 0 spiro atoms. The molecule has 0 amide bonds. The highest BCUT2D eigenvalue weighted by Gasteiger charge is 2.35. The van der Waals surface area contributed by atoms with Gasteiger partial charge in [-0.1, -0.05) is 60.9 Å². The van der Waals surface area contributed by atoms with Crippen LogP contribution in [-0.2, 0) is 9.63 Å². The van der Waals surface area contributed by atoms with Gasteiger partial charge < -0.3 is 4.84 Å². The number of carbonyl (C=O) groups is 1. The first kappa shape index (κ1) is 23.5. The number of oxime groups is 1. The molecule has 4 nitrogen and oxygen atoms in total. The molecule has 2 aromatic rings. The second-order valence-corrected chi connectivity index (χ2v) is 8.67. The van der Waals surface area contributed by atoms with E-state index in [9.17, 15) is 4.79 Å². The zero-order chi connectivity index (χ0) is 21.3. The molecule has 0 radical (unpaired) electrons. The first-order valence-corrected chi connectivity index (χ1v) is 11.2. The van der Waals surface area contributed by atoms with Crippen molar-refractivity contribution >= 4 is 35.0 Å². The van der Waals surface area contributed by atoms with Crippen LogP contribution in [0.2, 0.25) is 5.02 Å². The van der Waals surface area contributed by atoms with Crippen LogP contribution in [0.1, 0.15) is 39.7 Å². The highest BCUT2D eigenvalue weighted by atomic mass is 35.5. The Morgan fingerprint density at radius 2 is 1.69 bits per heavy atom. The molecule has 0 aliphatic heterocycles. The van der Waals surface area contributed by atoms with Crippen LogP contribution >= 0.6 is 23.4 Å². The number of hydrogen-bond donors (Lipinski definition) is 0. The van der Waals surface area contributed by atoms with E-state index in [1.807, 2.05) is 82.3 Å². The SMILES string of the molecule is CCN(CC)C(C)(C)C(=O)ON=C(CCSc1ccc(Cl)cc1)c1ccccc1. The van der Waals surface area contributed by atoms with Crippen molar-refractivity contribution < 1.29 is 9.63 Å². The lowest BCUT2D eigenvalue weighted by Crippen LogP contribution is -2.50. The van der Waals surface area contributed by atoms with Crippen LogP contribution < -0.4 is 0 Å². The maximum Gasteiger partial charge on any atom is 0.354 e. The van der Waals surface area contributed by atoms with Gasteiger partial charge in [-0.2, -0.15) is 0 Å². The van der Waals surface area contributed by atoms with Crippen molar-refractivity contribution in [1.29, 1.82) is 0 Å². The molecule has 0 unspecified atom stereocenters. The monoisotopic (exact) mass is 432 g/mol. The zero-order valence-electron chi connectivity index (χ0n) is 17.5. The second-order valence-electron chi connectivity index (χ2n) is 7.07. The van der Waals surface area contributed by atoms with Gasteiger partial charge in [-0.25, -0.2) is 4.79 Å². The molecule has 29 heavy (non-hydrogen) atoms. The molecule has 0 aliphatic carbocycles. The van der Waals surface area contributed by atoms with E-state index in [1.165, 1.54) is 0 Å². The lowest BCUT2D eigenvalue weighted by molar-refractivity contribution is -0.156. The number of thioether (sulfide) groups is 1. The van der Waals surface area contributed by atoms with Crippen LogP contribution in [0.25, 0.3) is 0 Å². The Labute approximate surface area is 183 Å². The van der Waals surface area contributed by atoms with Crippen molar-refractivity contribution in [3.63, 3.8) is 0 Å². The smallest absolute Gasteiger partial charge is 0.316 e. The summed E-state index contributed by atoms with van der Waals surface area (Å²) in [7, 11) is 0. The standard InChI is InChI=1S/C23H29ClN2O2S/c1-5-26(6-2)23(3,4)22(27)28-25-21(18-10-8-7-9-11-18)16-17-29-20-14-12-19(24)13-15-20/h7-15H,5-6,16-17H2,1-4H3. The minimum absolute atomic E-state index is 0.347. The predicted molar refractivity (Wildman–Crippen MR) is 123 cm³/mol. The van der Waals surface area contributed by atoms with E-state index in [0.717, 1.165) is 40.0 Å². The molecule has 2 aromatic carbocycles. The summed E-state index contributed by atoms with van der Waals surface area (Å²) in [5.41, 5.74) is 0.987. The minimum Gasteiger partial charge on any atom is -0.316 e.